The van der Waals surface area contributed by atoms with Gasteiger partial charge in [0.05, 0.1) is 24.2 Å². The van der Waals surface area contributed by atoms with Gasteiger partial charge in [-0.25, -0.2) is 14.8 Å². The number of aliphatic hydroxyl groups is 1. The number of piperidine rings is 1. The van der Waals surface area contributed by atoms with E-state index in [4.69, 9.17) is 0 Å². The van der Waals surface area contributed by atoms with E-state index in [0.29, 0.717) is 18.8 Å². The Hall–Kier alpha value is -1.69. The molecule has 21 heavy (non-hydrogen) atoms. The van der Waals surface area contributed by atoms with Crippen molar-refractivity contribution in [1.82, 2.24) is 14.9 Å². The number of rotatable bonds is 1. The third kappa shape index (κ3) is 3.91. The van der Waals surface area contributed by atoms with Crippen molar-refractivity contribution in [3.05, 3.63) is 18.2 Å². The van der Waals surface area contributed by atoms with Crippen LogP contribution in [-0.2, 0) is 5.41 Å². The van der Waals surface area contributed by atoms with E-state index in [1.165, 1.54) is 0 Å². The number of carbonyl (C=O) groups is 1. The van der Waals surface area contributed by atoms with Crippen LogP contribution in [0.4, 0.5) is 10.5 Å². The minimum Gasteiger partial charge on any atom is -0.391 e. The second-order valence-electron chi connectivity index (χ2n) is 6.75. The van der Waals surface area contributed by atoms with Crippen LogP contribution in [0.5, 0.6) is 0 Å². The third-order valence-electron chi connectivity index (χ3n) is 3.78. The lowest BCUT2D eigenvalue weighted by atomic mass is 9.96. The first-order valence-electron chi connectivity index (χ1n) is 7.34. The number of hydrogen-bond acceptors (Lipinski definition) is 4. The van der Waals surface area contributed by atoms with E-state index in [2.05, 4.69) is 15.3 Å². The molecule has 1 aromatic rings. The predicted molar refractivity (Wildman–Crippen MR) is 81.1 cm³/mol. The Morgan fingerprint density at radius 3 is 2.52 bits per heavy atom. The van der Waals surface area contributed by atoms with Crippen molar-refractivity contribution >= 4 is 11.7 Å². The van der Waals surface area contributed by atoms with Gasteiger partial charge in [0, 0.05) is 18.5 Å². The standard InChI is InChI=1S/C15H24N4O2/c1-10-5-6-19(9-12(10)20)14(21)18-11-7-16-13(17-8-11)15(2,3)4/h7-8,10,12,20H,5-6,9H2,1-4H3,(H,18,21). The van der Waals surface area contributed by atoms with Gasteiger partial charge in [-0.3, -0.25) is 0 Å². The zero-order valence-corrected chi connectivity index (χ0v) is 13.1. The highest BCUT2D eigenvalue weighted by molar-refractivity contribution is 5.89. The molecule has 0 bridgehead atoms. The number of β-amino-alcohol motifs (C(OH)–C–C–N with tert-alkyl or cyclic N) is 1. The van der Waals surface area contributed by atoms with E-state index in [0.717, 1.165) is 12.2 Å². The molecule has 0 spiro atoms. The molecule has 2 amide bonds. The van der Waals surface area contributed by atoms with Gasteiger partial charge in [0.15, 0.2) is 0 Å². The minimum absolute atomic E-state index is 0.115. The fourth-order valence-electron chi connectivity index (χ4n) is 2.22. The van der Waals surface area contributed by atoms with Gasteiger partial charge in [0.1, 0.15) is 5.82 Å². The molecule has 1 aromatic heterocycles. The van der Waals surface area contributed by atoms with E-state index in [9.17, 15) is 9.90 Å². The summed E-state index contributed by atoms with van der Waals surface area (Å²) in [7, 11) is 0. The summed E-state index contributed by atoms with van der Waals surface area (Å²) < 4.78 is 0. The van der Waals surface area contributed by atoms with Gasteiger partial charge in [-0.15, -0.1) is 0 Å². The summed E-state index contributed by atoms with van der Waals surface area (Å²) in [4.78, 5) is 22.3. The van der Waals surface area contributed by atoms with Crippen molar-refractivity contribution < 1.29 is 9.90 Å². The zero-order chi connectivity index (χ0) is 15.6. The molecule has 0 aromatic carbocycles. The molecule has 6 nitrogen and oxygen atoms in total. The van der Waals surface area contributed by atoms with Gasteiger partial charge in [-0.1, -0.05) is 27.7 Å². The molecule has 1 fully saturated rings. The first-order valence-corrected chi connectivity index (χ1v) is 7.34. The Kier molecular flexibility index (Phi) is 4.46. The number of nitrogens with one attached hydrogen (secondary N) is 1. The maximum atomic E-state index is 12.1. The molecule has 2 N–H and O–H groups in total. The highest BCUT2D eigenvalue weighted by atomic mass is 16.3. The number of hydrogen-bond donors (Lipinski definition) is 2. The summed E-state index contributed by atoms with van der Waals surface area (Å²) >= 11 is 0. The Morgan fingerprint density at radius 2 is 2.00 bits per heavy atom. The topological polar surface area (TPSA) is 78.4 Å². The average Bonchev–Trinajstić information content (AvgIpc) is 2.41. The summed E-state index contributed by atoms with van der Waals surface area (Å²) in [6, 6.07) is -0.215. The monoisotopic (exact) mass is 292 g/mol. The molecule has 2 unspecified atom stereocenters. The van der Waals surface area contributed by atoms with E-state index in [1.54, 1.807) is 17.3 Å². The van der Waals surface area contributed by atoms with Crippen molar-refractivity contribution in [2.24, 2.45) is 5.92 Å². The average molecular weight is 292 g/mol. The summed E-state index contributed by atoms with van der Waals surface area (Å²) in [5.74, 6) is 0.978. The first-order chi connectivity index (χ1) is 9.77. The molecule has 1 aliphatic heterocycles. The molecule has 1 aliphatic rings. The minimum atomic E-state index is -0.455. The number of anilines is 1. The molecule has 2 heterocycles. The summed E-state index contributed by atoms with van der Waals surface area (Å²) in [6.07, 6.45) is 3.60. The number of likely N-dealkylation sites (tertiary alicyclic amines) is 1. The predicted octanol–water partition coefficient (Wildman–Crippen LogP) is 2.01. The van der Waals surface area contributed by atoms with Crippen molar-refractivity contribution in [2.45, 2.75) is 45.6 Å². The molecule has 2 rings (SSSR count). The molecule has 6 heteroatoms. The van der Waals surface area contributed by atoms with Gasteiger partial charge >= 0.3 is 6.03 Å². The number of nitrogens with zero attached hydrogens (tertiary/aromatic N) is 3. The lowest BCUT2D eigenvalue weighted by Crippen LogP contribution is -2.47. The quantitative estimate of drug-likeness (QED) is 0.830. The highest BCUT2D eigenvalue weighted by Gasteiger charge is 2.27. The maximum Gasteiger partial charge on any atom is 0.322 e. The zero-order valence-electron chi connectivity index (χ0n) is 13.1. The van der Waals surface area contributed by atoms with E-state index >= 15 is 0 Å². The Bertz CT molecular complexity index is 495. The SMILES string of the molecule is CC1CCN(C(=O)Nc2cnc(C(C)(C)C)nc2)CC1O. The highest BCUT2D eigenvalue weighted by Crippen LogP contribution is 2.20. The molecular formula is C15H24N4O2. The maximum absolute atomic E-state index is 12.1. The van der Waals surface area contributed by atoms with Crippen LogP contribution in [0.25, 0.3) is 0 Å². The third-order valence-corrected chi connectivity index (χ3v) is 3.78. The Balaban J connectivity index is 1.97. The second kappa shape index (κ2) is 5.97. The van der Waals surface area contributed by atoms with Crippen LogP contribution in [-0.4, -0.2) is 45.2 Å². The molecule has 0 aliphatic carbocycles. The van der Waals surface area contributed by atoms with Gasteiger partial charge in [-0.05, 0) is 12.3 Å². The second-order valence-corrected chi connectivity index (χ2v) is 6.75. The van der Waals surface area contributed by atoms with Crippen molar-refractivity contribution in [3.63, 3.8) is 0 Å². The number of aliphatic hydroxyl groups excluding tert-OH is 1. The number of carbonyl (C=O) groups excluding carboxylic acids is 1. The molecule has 0 saturated carbocycles. The molecular weight excluding hydrogens is 268 g/mol. The van der Waals surface area contributed by atoms with Crippen LogP contribution >= 0.6 is 0 Å². The Morgan fingerprint density at radius 1 is 1.38 bits per heavy atom. The lowest BCUT2D eigenvalue weighted by molar-refractivity contribution is 0.0463. The lowest BCUT2D eigenvalue weighted by Gasteiger charge is -2.34. The normalized spacial score (nSPS) is 23.0. The van der Waals surface area contributed by atoms with Gasteiger partial charge < -0.3 is 15.3 Å². The smallest absolute Gasteiger partial charge is 0.322 e. The molecule has 116 valence electrons. The van der Waals surface area contributed by atoms with Crippen LogP contribution in [0.15, 0.2) is 12.4 Å². The number of aromatic nitrogens is 2. The largest absolute Gasteiger partial charge is 0.391 e. The van der Waals surface area contributed by atoms with Crippen molar-refractivity contribution in [1.29, 1.82) is 0 Å². The summed E-state index contributed by atoms with van der Waals surface area (Å²) in [5.41, 5.74) is 0.455. The van der Waals surface area contributed by atoms with Gasteiger partial charge in [0.2, 0.25) is 0 Å². The van der Waals surface area contributed by atoms with Gasteiger partial charge in [0.25, 0.3) is 0 Å². The molecule has 1 saturated heterocycles. The number of urea groups is 1. The fraction of sp³-hybridized carbons (Fsp3) is 0.667. The number of amides is 2. The molecule has 2 atom stereocenters. The van der Waals surface area contributed by atoms with E-state index in [-0.39, 0.29) is 17.4 Å². The van der Waals surface area contributed by atoms with Gasteiger partial charge in [-0.2, -0.15) is 0 Å². The van der Waals surface area contributed by atoms with Crippen molar-refractivity contribution in [3.8, 4) is 0 Å². The molecule has 0 radical (unpaired) electrons. The first kappa shape index (κ1) is 15.7. The van der Waals surface area contributed by atoms with Crippen LogP contribution in [0, 0.1) is 5.92 Å². The Labute approximate surface area is 125 Å². The van der Waals surface area contributed by atoms with E-state index in [1.807, 2.05) is 27.7 Å². The van der Waals surface area contributed by atoms with Crippen molar-refractivity contribution in [2.75, 3.05) is 18.4 Å². The summed E-state index contributed by atoms with van der Waals surface area (Å²) in [6.45, 7) is 9.14. The van der Waals surface area contributed by atoms with Crippen LogP contribution in [0.3, 0.4) is 0 Å². The summed E-state index contributed by atoms with van der Waals surface area (Å²) in [5, 5.41) is 12.6. The van der Waals surface area contributed by atoms with Crippen LogP contribution in [0.2, 0.25) is 0 Å². The van der Waals surface area contributed by atoms with E-state index < -0.39 is 6.10 Å². The fourth-order valence-corrected chi connectivity index (χ4v) is 2.22. The van der Waals surface area contributed by atoms with Crippen LogP contribution in [0.1, 0.15) is 39.9 Å². The van der Waals surface area contributed by atoms with Crippen LogP contribution < -0.4 is 5.32 Å².